The van der Waals surface area contributed by atoms with Crippen LogP contribution < -0.4 is 5.32 Å². The van der Waals surface area contributed by atoms with Crippen molar-refractivity contribution in [1.82, 2.24) is 0 Å². The maximum Gasteiger partial charge on any atom is 0.266 e. The maximum absolute atomic E-state index is 12.3. The molecule has 2 rings (SSSR count). The molecular weight excluding hydrogens is 282 g/mol. The van der Waals surface area contributed by atoms with Crippen LogP contribution in [0.3, 0.4) is 0 Å². The van der Waals surface area contributed by atoms with E-state index >= 15 is 0 Å². The molecule has 0 aliphatic carbocycles. The van der Waals surface area contributed by atoms with Crippen molar-refractivity contribution in [3.63, 3.8) is 0 Å². The summed E-state index contributed by atoms with van der Waals surface area (Å²) in [5.41, 5.74) is 2.51. The number of para-hydroxylation sites is 1. The van der Waals surface area contributed by atoms with Crippen molar-refractivity contribution in [3.05, 3.63) is 51.7 Å². The number of rotatable bonds is 4. The lowest BCUT2D eigenvalue weighted by Crippen LogP contribution is -2.12. The molecule has 2 aromatic rings. The molecule has 108 valence electrons. The lowest BCUT2D eigenvalue weighted by Gasteiger charge is -2.07. The summed E-state index contributed by atoms with van der Waals surface area (Å²) in [4.78, 5) is 13.1. The zero-order valence-corrected chi connectivity index (χ0v) is 12.7. The normalized spacial score (nSPS) is 9.81. The molecule has 1 amide bonds. The van der Waals surface area contributed by atoms with Gasteiger partial charge in [0.1, 0.15) is 0 Å². The van der Waals surface area contributed by atoms with Crippen molar-refractivity contribution in [3.8, 4) is 11.8 Å². The van der Waals surface area contributed by atoms with Crippen LogP contribution in [-0.4, -0.2) is 17.6 Å². The van der Waals surface area contributed by atoms with E-state index < -0.39 is 0 Å². The molecule has 0 atom stereocenters. The van der Waals surface area contributed by atoms with Crippen LogP contribution in [-0.2, 0) is 6.42 Å². The first-order valence-corrected chi connectivity index (χ1v) is 7.70. The van der Waals surface area contributed by atoms with E-state index in [1.54, 1.807) is 0 Å². The van der Waals surface area contributed by atoms with Crippen molar-refractivity contribution in [2.75, 3.05) is 11.9 Å². The fourth-order valence-electron chi connectivity index (χ4n) is 1.91. The largest absolute Gasteiger partial charge is 0.395 e. The Morgan fingerprint density at radius 1 is 1.33 bits per heavy atom. The van der Waals surface area contributed by atoms with E-state index in [0.717, 1.165) is 22.4 Å². The fourth-order valence-corrected chi connectivity index (χ4v) is 2.80. The number of anilines is 1. The maximum atomic E-state index is 12.3. The van der Waals surface area contributed by atoms with E-state index in [9.17, 15) is 4.79 Å². The molecule has 0 radical (unpaired) electrons. The first-order valence-electron chi connectivity index (χ1n) is 6.82. The van der Waals surface area contributed by atoms with E-state index in [-0.39, 0.29) is 12.5 Å². The Balaban J connectivity index is 2.20. The van der Waals surface area contributed by atoms with Gasteiger partial charge in [-0.05, 0) is 35.6 Å². The van der Waals surface area contributed by atoms with Crippen molar-refractivity contribution in [2.24, 2.45) is 0 Å². The van der Waals surface area contributed by atoms with Crippen LogP contribution in [0.4, 0.5) is 5.69 Å². The summed E-state index contributed by atoms with van der Waals surface area (Å²) < 4.78 is 0. The highest BCUT2D eigenvalue weighted by molar-refractivity contribution is 7.12. The van der Waals surface area contributed by atoms with Gasteiger partial charge in [0.15, 0.2) is 0 Å². The summed E-state index contributed by atoms with van der Waals surface area (Å²) >= 11 is 1.45. The summed E-state index contributed by atoms with van der Waals surface area (Å²) in [5.74, 6) is 5.75. The van der Waals surface area contributed by atoms with Crippen molar-refractivity contribution in [1.29, 1.82) is 0 Å². The Morgan fingerprint density at radius 2 is 2.14 bits per heavy atom. The van der Waals surface area contributed by atoms with E-state index in [0.29, 0.717) is 12.1 Å². The number of aliphatic hydroxyl groups is 1. The molecule has 4 heteroatoms. The average Bonchev–Trinajstić information content (AvgIpc) is 2.98. The van der Waals surface area contributed by atoms with Gasteiger partial charge in [0, 0.05) is 12.0 Å². The highest BCUT2D eigenvalue weighted by Gasteiger charge is 2.13. The van der Waals surface area contributed by atoms with E-state index in [1.165, 1.54) is 11.3 Å². The van der Waals surface area contributed by atoms with Crippen molar-refractivity contribution in [2.45, 2.75) is 19.8 Å². The van der Waals surface area contributed by atoms with Crippen LogP contribution in [0.1, 0.15) is 34.1 Å². The molecule has 1 heterocycles. The van der Waals surface area contributed by atoms with Gasteiger partial charge in [-0.3, -0.25) is 4.79 Å². The molecule has 2 N–H and O–H groups in total. The minimum absolute atomic E-state index is 0.0383. The molecule has 0 bridgehead atoms. The summed E-state index contributed by atoms with van der Waals surface area (Å²) in [6.07, 6.45) is 1.26. The van der Waals surface area contributed by atoms with Crippen LogP contribution in [0.15, 0.2) is 35.7 Å². The molecule has 0 spiro atoms. The quantitative estimate of drug-likeness (QED) is 0.851. The summed E-state index contributed by atoms with van der Waals surface area (Å²) in [6, 6.07) is 9.41. The molecule has 0 saturated carbocycles. The van der Waals surface area contributed by atoms with E-state index in [1.807, 2.05) is 42.6 Å². The second-order valence-corrected chi connectivity index (χ2v) is 5.32. The Bertz CT molecular complexity index is 679. The number of thiophene rings is 1. The number of benzene rings is 1. The van der Waals surface area contributed by atoms with Gasteiger partial charge in [0.05, 0.1) is 17.2 Å². The number of carbonyl (C=O) groups excluding carboxylic acids is 1. The molecule has 0 aliphatic rings. The third-order valence-corrected chi connectivity index (χ3v) is 3.92. The highest BCUT2D eigenvalue weighted by atomic mass is 32.1. The van der Waals surface area contributed by atoms with Gasteiger partial charge in [-0.15, -0.1) is 11.3 Å². The number of hydrogen-bond donors (Lipinski definition) is 2. The number of amides is 1. The van der Waals surface area contributed by atoms with Crippen LogP contribution in [0.5, 0.6) is 0 Å². The van der Waals surface area contributed by atoms with Crippen LogP contribution in [0, 0.1) is 11.8 Å². The minimum atomic E-state index is -0.0988. The summed E-state index contributed by atoms with van der Waals surface area (Å²) in [7, 11) is 0. The van der Waals surface area contributed by atoms with Gasteiger partial charge in [-0.2, -0.15) is 0 Å². The number of aryl methyl sites for hydroxylation is 1. The van der Waals surface area contributed by atoms with Crippen LogP contribution in [0.25, 0.3) is 0 Å². The first kappa shape index (κ1) is 15.3. The molecule has 1 aromatic heterocycles. The SMILES string of the molecule is CCc1ccsc1C(=O)Nc1ccccc1C#CCCO. The molecule has 0 aliphatic heterocycles. The predicted octanol–water partition coefficient (Wildman–Crippen LogP) is 3.30. The number of carbonyl (C=O) groups is 1. The van der Waals surface area contributed by atoms with Gasteiger partial charge in [-0.1, -0.05) is 30.9 Å². The summed E-state index contributed by atoms with van der Waals surface area (Å²) in [6.45, 7) is 2.07. The Labute approximate surface area is 128 Å². The molecule has 3 nitrogen and oxygen atoms in total. The molecule has 1 aromatic carbocycles. The molecule has 0 saturated heterocycles. The fraction of sp³-hybridized carbons (Fsp3) is 0.235. The van der Waals surface area contributed by atoms with Crippen LogP contribution >= 0.6 is 11.3 Å². The lowest BCUT2D eigenvalue weighted by molar-refractivity contribution is 0.102. The number of aliphatic hydroxyl groups excluding tert-OH is 1. The van der Waals surface area contributed by atoms with Gasteiger partial charge in [0.2, 0.25) is 0 Å². The minimum Gasteiger partial charge on any atom is -0.395 e. The first-order chi connectivity index (χ1) is 10.3. The van der Waals surface area contributed by atoms with Crippen LogP contribution in [0.2, 0.25) is 0 Å². The topological polar surface area (TPSA) is 49.3 Å². The third-order valence-electron chi connectivity index (χ3n) is 2.97. The Morgan fingerprint density at radius 3 is 2.90 bits per heavy atom. The molecule has 0 unspecified atom stereocenters. The van der Waals surface area contributed by atoms with Gasteiger partial charge in [0.25, 0.3) is 5.91 Å². The highest BCUT2D eigenvalue weighted by Crippen LogP contribution is 2.21. The zero-order chi connectivity index (χ0) is 15.1. The number of nitrogens with one attached hydrogen (secondary N) is 1. The standard InChI is InChI=1S/C17H17NO2S/c1-2-13-10-12-21-16(13)17(20)18-15-9-4-3-7-14(15)8-5-6-11-19/h3-4,7,9-10,12,19H,2,6,11H2,1H3,(H,18,20). The van der Waals surface area contributed by atoms with E-state index in [4.69, 9.17) is 5.11 Å². The molecule has 21 heavy (non-hydrogen) atoms. The number of hydrogen-bond acceptors (Lipinski definition) is 3. The van der Waals surface area contributed by atoms with Crippen molar-refractivity contribution < 1.29 is 9.90 Å². The summed E-state index contributed by atoms with van der Waals surface area (Å²) in [5, 5.41) is 13.6. The van der Waals surface area contributed by atoms with Gasteiger partial charge >= 0.3 is 0 Å². The lowest BCUT2D eigenvalue weighted by atomic mass is 10.1. The smallest absolute Gasteiger partial charge is 0.266 e. The predicted molar refractivity (Wildman–Crippen MR) is 86.7 cm³/mol. The Hall–Kier alpha value is -2.09. The third kappa shape index (κ3) is 3.94. The molecule has 0 fully saturated rings. The van der Waals surface area contributed by atoms with Crippen molar-refractivity contribution >= 4 is 22.9 Å². The Kier molecular flexibility index (Phi) is 5.56. The second kappa shape index (κ2) is 7.63. The van der Waals surface area contributed by atoms with Gasteiger partial charge in [-0.25, -0.2) is 0 Å². The average molecular weight is 299 g/mol. The monoisotopic (exact) mass is 299 g/mol. The van der Waals surface area contributed by atoms with Gasteiger partial charge < -0.3 is 10.4 Å². The second-order valence-electron chi connectivity index (χ2n) is 4.40. The molecular formula is C17H17NO2S. The zero-order valence-electron chi connectivity index (χ0n) is 11.8. The van der Waals surface area contributed by atoms with E-state index in [2.05, 4.69) is 17.2 Å².